The monoisotopic (exact) mass is 224 g/mol. The van der Waals surface area contributed by atoms with Crippen LogP contribution < -0.4 is 0 Å². The summed E-state index contributed by atoms with van der Waals surface area (Å²) >= 11 is 5.88. The van der Waals surface area contributed by atoms with Crippen molar-refractivity contribution in [2.45, 2.75) is 13.5 Å². The number of fused-ring (bicyclic) bond motifs is 1. The van der Waals surface area contributed by atoms with Gasteiger partial charge < -0.3 is 9.72 Å². The predicted molar refractivity (Wildman–Crippen MR) is 56.6 cm³/mol. The Morgan fingerprint density at radius 1 is 1.67 bits per heavy atom. The van der Waals surface area contributed by atoms with Gasteiger partial charge in [-0.1, -0.05) is 11.6 Å². The summed E-state index contributed by atoms with van der Waals surface area (Å²) in [4.78, 5) is 17.6. The number of carbonyl (C=O) groups is 1. The third-order valence-electron chi connectivity index (χ3n) is 2.07. The van der Waals surface area contributed by atoms with Gasteiger partial charge in [0, 0.05) is 30.3 Å². The first-order valence-electron chi connectivity index (χ1n) is 4.42. The Morgan fingerprint density at radius 3 is 3.20 bits per heavy atom. The van der Waals surface area contributed by atoms with Crippen molar-refractivity contribution in [3.8, 4) is 0 Å². The molecule has 2 aromatic heterocycles. The number of hydrogen-bond donors (Lipinski definition) is 1. The van der Waals surface area contributed by atoms with Crippen molar-refractivity contribution in [1.82, 2.24) is 9.97 Å². The van der Waals surface area contributed by atoms with Gasteiger partial charge in [-0.05, 0) is 6.07 Å². The van der Waals surface area contributed by atoms with Crippen LogP contribution in [0.4, 0.5) is 0 Å². The maximum Gasteiger partial charge on any atom is 0.302 e. The van der Waals surface area contributed by atoms with Crippen molar-refractivity contribution in [3.05, 3.63) is 29.2 Å². The van der Waals surface area contributed by atoms with Gasteiger partial charge in [0.2, 0.25) is 0 Å². The third-order valence-corrected chi connectivity index (χ3v) is 2.36. The zero-order valence-corrected chi connectivity index (χ0v) is 8.84. The van der Waals surface area contributed by atoms with Crippen molar-refractivity contribution in [2.24, 2.45) is 0 Å². The third kappa shape index (κ3) is 1.94. The summed E-state index contributed by atoms with van der Waals surface area (Å²) in [6.07, 6.45) is 3.39. The largest absolute Gasteiger partial charge is 0.461 e. The topological polar surface area (TPSA) is 55.0 Å². The molecular weight excluding hydrogens is 216 g/mol. The molecule has 4 nitrogen and oxygen atoms in total. The van der Waals surface area contributed by atoms with E-state index < -0.39 is 0 Å². The van der Waals surface area contributed by atoms with Crippen LogP contribution in [0, 0.1) is 0 Å². The molecule has 0 aromatic carbocycles. The van der Waals surface area contributed by atoms with Crippen LogP contribution in [-0.2, 0) is 16.1 Å². The normalized spacial score (nSPS) is 10.5. The molecule has 78 valence electrons. The van der Waals surface area contributed by atoms with E-state index in [1.165, 1.54) is 6.92 Å². The Balaban J connectivity index is 2.37. The van der Waals surface area contributed by atoms with E-state index in [-0.39, 0.29) is 12.6 Å². The number of pyridine rings is 1. The minimum Gasteiger partial charge on any atom is -0.461 e. The van der Waals surface area contributed by atoms with Crippen LogP contribution in [0.15, 0.2) is 18.5 Å². The van der Waals surface area contributed by atoms with E-state index in [0.717, 1.165) is 16.5 Å². The summed E-state index contributed by atoms with van der Waals surface area (Å²) in [7, 11) is 0. The number of ether oxygens (including phenoxy) is 1. The Labute approximate surface area is 91.2 Å². The molecule has 2 rings (SSSR count). The molecule has 0 aliphatic carbocycles. The highest BCUT2D eigenvalue weighted by molar-refractivity contribution is 6.33. The van der Waals surface area contributed by atoms with Crippen molar-refractivity contribution < 1.29 is 9.53 Å². The lowest BCUT2D eigenvalue weighted by molar-refractivity contribution is -0.142. The second-order valence-corrected chi connectivity index (χ2v) is 3.48. The highest BCUT2D eigenvalue weighted by Gasteiger charge is 2.07. The number of nitrogens with one attached hydrogen (secondary N) is 1. The fraction of sp³-hybridized carbons (Fsp3) is 0.200. The van der Waals surface area contributed by atoms with E-state index in [1.54, 1.807) is 12.4 Å². The molecular formula is C10H9ClN2O2. The summed E-state index contributed by atoms with van der Waals surface area (Å²) in [6, 6.07) is 1.83. The van der Waals surface area contributed by atoms with Crippen molar-refractivity contribution in [1.29, 1.82) is 0 Å². The molecule has 2 heterocycles. The smallest absolute Gasteiger partial charge is 0.302 e. The number of hydrogen-bond acceptors (Lipinski definition) is 3. The van der Waals surface area contributed by atoms with Crippen LogP contribution in [0.2, 0.25) is 5.15 Å². The SMILES string of the molecule is CC(=O)OCc1c[nH]c2c(Cl)nccc12. The molecule has 0 atom stereocenters. The van der Waals surface area contributed by atoms with Gasteiger partial charge in [0.05, 0.1) is 5.52 Å². The van der Waals surface area contributed by atoms with Gasteiger partial charge in [0.25, 0.3) is 0 Å². The molecule has 2 aromatic rings. The van der Waals surface area contributed by atoms with E-state index in [0.29, 0.717) is 5.15 Å². The molecule has 0 saturated carbocycles. The molecule has 0 amide bonds. The number of aromatic nitrogens is 2. The molecule has 0 saturated heterocycles. The number of rotatable bonds is 2. The highest BCUT2D eigenvalue weighted by Crippen LogP contribution is 2.23. The summed E-state index contributed by atoms with van der Waals surface area (Å²) in [5.74, 6) is -0.301. The summed E-state index contributed by atoms with van der Waals surface area (Å²) in [5.41, 5.74) is 1.66. The van der Waals surface area contributed by atoms with Crippen LogP contribution in [0.1, 0.15) is 12.5 Å². The Kier molecular flexibility index (Phi) is 2.60. The van der Waals surface area contributed by atoms with Gasteiger partial charge >= 0.3 is 5.97 Å². The molecule has 0 fully saturated rings. The van der Waals surface area contributed by atoms with Gasteiger partial charge in [0.1, 0.15) is 6.61 Å². The summed E-state index contributed by atoms with van der Waals surface area (Å²) in [5, 5.41) is 1.35. The molecule has 0 bridgehead atoms. The number of nitrogens with zero attached hydrogens (tertiary/aromatic N) is 1. The van der Waals surface area contributed by atoms with Crippen LogP contribution in [0.5, 0.6) is 0 Å². The quantitative estimate of drug-likeness (QED) is 0.629. The molecule has 0 radical (unpaired) electrons. The van der Waals surface area contributed by atoms with Gasteiger partial charge in [-0.15, -0.1) is 0 Å². The van der Waals surface area contributed by atoms with Gasteiger partial charge in [-0.25, -0.2) is 4.98 Å². The molecule has 1 N–H and O–H groups in total. The minimum absolute atomic E-state index is 0.246. The van der Waals surface area contributed by atoms with Crippen LogP contribution in [-0.4, -0.2) is 15.9 Å². The molecule has 15 heavy (non-hydrogen) atoms. The van der Waals surface area contributed by atoms with E-state index in [1.807, 2.05) is 6.07 Å². The Bertz CT molecular complexity index is 507. The second-order valence-electron chi connectivity index (χ2n) is 3.12. The predicted octanol–water partition coefficient (Wildman–Crippen LogP) is 2.28. The molecule has 5 heteroatoms. The van der Waals surface area contributed by atoms with Gasteiger partial charge in [-0.2, -0.15) is 0 Å². The zero-order chi connectivity index (χ0) is 10.8. The highest BCUT2D eigenvalue weighted by atomic mass is 35.5. The number of esters is 1. The van der Waals surface area contributed by atoms with E-state index in [9.17, 15) is 4.79 Å². The van der Waals surface area contributed by atoms with Crippen molar-refractivity contribution >= 4 is 28.5 Å². The Morgan fingerprint density at radius 2 is 2.47 bits per heavy atom. The number of H-pyrrole nitrogens is 1. The van der Waals surface area contributed by atoms with Gasteiger partial charge in [0.15, 0.2) is 5.15 Å². The molecule has 0 aliphatic heterocycles. The lowest BCUT2D eigenvalue weighted by Crippen LogP contribution is -1.97. The summed E-state index contributed by atoms with van der Waals surface area (Å²) in [6.45, 7) is 1.62. The first kappa shape index (κ1) is 9.98. The minimum atomic E-state index is -0.301. The molecule has 0 aliphatic rings. The lowest BCUT2D eigenvalue weighted by Gasteiger charge is -1.99. The second kappa shape index (κ2) is 3.90. The Hall–Kier alpha value is -1.55. The average Bonchev–Trinajstić information content (AvgIpc) is 2.59. The van der Waals surface area contributed by atoms with Crippen LogP contribution in [0.3, 0.4) is 0 Å². The number of carbonyl (C=O) groups excluding carboxylic acids is 1. The zero-order valence-electron chi connectivity index (χ0n) is 8.08. The van der Waals surface area contributed by atoms with Gasteiger partial charge in [-0.3, -0.25) is 4.79 Å². The first-order valence-corrected chi connectivity index (χ1v) is 4.80. The summed E-state index contributed by atoms with van der Waals surface area (Å²) < 4.78 is 4.91. The average molecular weight is 225 g/mol. The van der Waals surface area contributed by atoms with Crippen LogP contribution >= 0.6 is 11.6 Å². The van der Waals surface area contributed by atoms with Crippen molar-refractivity contribution in [3.63, 3.8) is 0 Å². The maximum absolute atomic E-state index is 10.7. The van der Waals surface area contributed by atoms with E-state index >= 15 is 0 Å². The maximum atomic E-state index is 10.7. The fourth-order valence-corrected chi connectivity index (χ4v) is 1.59. The lowest BCUT2D eigenvalue weighted by atomic mass is 10.2. The van der Waals surface area contributed by atoms with Crippen molar-refractivity contribution in [2.75, 3.05) is 0 Å². The molecule has 0 unspecified atom stereocenters. The number of aromatic amines is 1. The van der Waals surface area contributed by atoms with E-state index in [4.69, 9.17) is 16.3 Å². The molecule has 0 spiro atoms. The fourth-order valence-electron chi connectivity index (χ4n) is 1.38. The van der Waals surface area contributed by atoms with Crippen LogP contribution in [0.25, 0.3) is 10.9 Å². The van der Waals surface area contributed by atoms with E-state index in [2.05, 4.69) is 9.97 Å². The first-order chi connectivity index (χ1) is 7.18. The standard InChI is InChI=1S/C10H9ClN2O2/c1-6(14)15-5-7-4-13-9-8(7)2-3-12-10(9)11/h2-4,13H,5H2,1H3. The number of halogens is 1.